The van der Waals surface area contributed by atoms with E-state index < -0.39 is 17.5 Å². The molecule has 160 valence electrons. The standard InChI is InChI=1S/C22H21F2N5OS/c1-11-7-12(9-13(25)8-11)14-5-6-27-10-17(14)28-21(30)19-20(26)31-22(29-19)18-15(23)3-2-4-16(18)24/h2-6,8,10,12-13H,7,9,25-26H2,1H3,(H,28,30). The normalized spacial score (nSPS) is 18.5. The third kappa shape index (κ3) is 4.33. The molecule has 0 radical (unpaired) electrons. The lowest BCUT2D eigenvalue weighted by Gasteiger charge is -2.27. The smallest absolute Gasteiger partial charge is 0.277 e. The van der Waals surface area contributed by atoms with Crippen LogP contribution in [0.15, 0.2) is 48.3 Å². The van der Waals surface area contributed by atoms with Crippen LogP contribution in [-0.4, -0.2) is 21.9 Å². The van der Waals surface area contributed by atoms with Gasteiger partial charge in [-0.2, -0.15) is 0 Å². The quantitative estimate of drug-likeness (QED) is 0.518. The molecule has 0 saturated heterocycles. The summed E-state index contributed by atoms with van der Waals surface area (Å²) < 4.78 is 28.2. The molecule has 4 rings (SSSR count). The van der Waals surface area contributed by atoms with E-state index in [1.165, 1.54) is 11.6 Å². The average molecular weight is 442 g/mol. The number of nitrogens with one attached hydrogen (secondary N) is 1. The number of hydrogen-bond donors (Lipinski definition) is 3. The number of nitrogens with zero attached hydrogens (tertiary/aromatic N) is 2. The first-order valence-electron chi connectivity index (χ1n) is 9.72. The molecule has 9 heteroatoms. The van der Waals surface area contributed by atoms with Gasteiger partial charge in [-0.15, -0.1) is 0 Å². The monoisotopic (exact) mass is 441 g/mol. The van der Waals surface area contributed by atoms with Gasteiger partial charge in [0.2, 0.25) is 0 Å². The molecular formula is C22H21F2N5OS. The first-order valence-corrected chi connectivity index (χ1v) is 10.5. The Balaban J connectivity index is 1.62. The fourth-order valence-corrected chi connectivity index (χ4v) is 4.77. The van der Waals surface area contributed by atoms with Gasteiger partial charge in [-0.05, 0) is 49.4 Å². The maximum absolute atomic E-state index is 14.1. The molecule has 5 N–H and O–H groups in total. The van der Waals surface area contributed by atoms with Crippen molar-refractivity contribution in [1.82, 2.24) is 9.97 Å². The molecule has 0 aliphatic heterocycles. The van der Waals surface area contributed by atoms with Gasteiger partial charge in [0.05, 0.1) is 17.4 Å². The van der Waals surface area contributed by atoms with Gasteiger partial charge in [0.25, 0.3) is 5.91 Å². The number of anilines is 2. The van der Waals surface area contributed by atoms with E-state index in [1.54, 1.807) is 12.4 Å². The maximum Gasteiger partial charge on any atom is 0.277 e. The molecule has 31 heavy (non-hydrogen) atoms. The summed E-state index contributed by atoms with van der Waals surface area (Å²) in [4.78, 5) is 21.1. The Morgan fingerprint density at radius 2 is 2.00 bits per heavy atom. The average Bonchev–Trinajstić information content (AvgIpc) is 3.09. The Morgan fingerprint density at radius 1 is 1.26 bits per heavy atom. The van der Waals surface area contributed by atoms with Gasteiger partial charge in [0, 0.05) is 12.2 Å². The summed E-state index contributed by atoms with van der Waals surface area (Å²) in [6.45, 7) is 2.03. The van der Waals surface area contributed by atoms with Gasteiger partial charge in [-0.1, -0.05) is 29.1 Å². The second-order valence-corrected chi connectivity index (χ2v) is 8.59. The zero-order chi connectivity index (χ0) is 22.1. The zero-order valence-electron chi connectivity index (χ0n) is 16.7. The molecule has 1 aliphatic rings. The number of hydrogen-bond acceptors (Lipinski definition) is 6. The second-order valence-electron chi connectivity index (χ2n) is 7.56. The number of carbonyl (C=O) groups is 1. The number of halogens is 2. The van der Waals surface area contributed by atoms with Crippen LogP contribution >= 0.6 is 11.3 Å². The van der Waals surface area contributed by atoms with Crippen molar-refractivity contribution in [2.75, 3.05) is 11.1 Å². The molecule has 2 unspecified atom stereocenters. The van der Waals surface area contributed by atoms with Crippen LogP contribution in [-0.2, 0) is 0 Å². The second kappa shape index (κ2) is 8.52. The highest BCUT2D eigenvalue weighted by atomic mass is 32.1. The summed E-state index contributed by atoms with van der Waals surface area (Å²) in [7, 11) is 0. The summed E-state index contributed by atoms with van der Waals surface area (Å²) >= 11 is 0.854. The minimum Gasteiger partial charge on any atom is -0.389 e. The van der Waals surface area contributed by atoms with E-state index in [4.69, 9.17) is 11.5 Å². The number of nitrogen functional groups attached to an aromatic ring is 1. The van der Waals surface area contributed by atoms with E-state index in [2.05, 4.69) is 21.4 Å². The maximum atomic E-state index is 14.1. The van der Waals surface area contributed by atoms with Gasteiger partial charge < -0.3 is 16.8 Å². The third-order valence-electron chi connectivity index (χ3n) is 5.21. The summed E-state index contributed by atoms with van der Waals surface area (Å²) in [6.07, 6.45) is 6.86. The van der Waals surface area contributed by atoms with Crippen molar-refractivity contribution >= 4 is 27.9 Å². The highest BCUT2D eigenvalue weighted by Gasteiger charge is 2.25. The number of rotatable bonds is 4. The van der Waals surface area contributed by atoms with E-state index in [9.17, 15) is 13.6 Å². The van der Waals surface area contributed by atoms with Crippen LogP contribution in [0.5, 0.6) is 0 Å². The van der Waals surface area contributed by atoms with Crippen molar-refractivity contribution in [2.45, 2.75) is 31.7 Å². The van der Waals surface area contributed by atoms with Gasteiger partial charge in [0.15, 0.2) is 5.69 Å². The Hall–Kier alpha value is -3.17. The molecule has 0 fully saturated rings. The van der Waals surface area contributed by atoms with Crippen LogP contribution in [0.1, 0.15) is 41.7 Å². The molecule has 3 aromatic rings. The molecule has 1 amide bonds. The van der Waals surface area contributed by atoms with Crippen LogP contribution in [0.2, 0.25) is 0 Å². The number of thiazole rings is 1. The number of benzene rings is 1. The first kappa shape index (κ1) is 21.1. The molecule has 1 aliphatic carbocycles. The number of allylic oxidation sites excluding steroid dienone is 1. The van der Waals surface area contributed by atoms with E-state index >= 15 is 0 Å². The van der Waals surface area contributed by atoms with Crippen LogP contribution < -0.4 is 16.8 Å². The van der Waals surface area contributed by atoms with Crippen molar-refractivity contribution in [3.63, 3.8) is 0 Å². The lowest BCUT2D eigenvalue weighted by atomic mass is 9.82. The Morgan fingerprint density at radius 3 is 2.71 bits per heavy atom. The number of nitrogens with two attached hydrogens (primary N) is 2. The van der Waals surface area contributed by atoms with Crippen molar-refractivity contribution in [2.24, 2.45) is 5.73 Å². The minimum absolute atomic E-state index is 0.00340. The van der Waals surface area contributed by atoms with Gasteiger partial charge in [-0.3, -0.25) is 9.78 Å². The van der Waals surface area contributed by atoms with E-state index in [1.807, 2.05) is 13.0 Å². The van der Waals surface area contributed by atoms with E-state index in [-0.39, 0.29) is 33.2 Å². The summed E-state index contributed by atoms with van der Waals surface area (Å²) in [5.74, 6) is -1.98. The molecule has 2 heterocycles. The van der Waals surface area contributed by atoms with Gasteiger partial charge >= 0.3 is 0 Å². The van der Waals surface area contributed by atoms with Crippen molar-refractivity contribution < 1.29 is 13.6 Å². The summed E-state index contributed by atoms with van der Waals surface area (Å²) in [5.41, 5.74) is 14.3. The molecule has 6 nitrogen and oxygen atoms in total. The highest BCUT2D eigenvalue weighted by molar-refractivity contribution is 7.19. The number of aromatic nitrogens is 2. The largest absolute Gasteiger partial charge is 0.389 e. The number of carbonyl (C=O) groups excluding carboxylic acids is 1. The topological polar surface area (TPSA) is 107 Å². The molecule has 1 aromatic carbocycles. The SMILES string of the molecule is CC1=CC(N)CC(c2ccncc2NC(=O)c2nc(-c3c(F)cccc3F)sc2N)C1. The summed E-state index contributed by atoms with van der Waals surface area (Å²) in [6, 6.07) is 5.32. The first-order chi connectivity index (χ1) is 14.8. The van der Waals surface area contributed by atoms with Crippen LogP contribution in [0, 0.1) is 11.6 Å². The van der Waals surface area contributed by atoms with Gasteiger partial charge in [0.1, 0.15) is 21.6 Å². The molecule has 0 spiro atoms. The minimum atomic E-state index is -0.771. The van der Waals surface area contributed by atoms with E-state index in [0.29, 0.717) is 5.69 Å². The molecular weight excluding hydrogens is 420 g/mol. The lowest BCUT2D eigenvalue weighted by Crippen LogP contribution is -2.25. The molecule has 2 aromatic heterocycles. The third-order valence-corrected chi connectivity index (χ3v) is 6.11. The lowest BCUT2D eigenvalue weighted by molar-refractivity contribution is 0.102. The molecule has 0 saturated carbocycles. The predicted molar refractivity (Wildman–Crippen MR) is 118 cm³/mol. The van der Waals surface area contributed by atoms with Gasteiger partial charge in [-0.25, -0.2) is 13.8 Å². The fraction of sp³-hybridized carbons (Fsp3) is 0.227. The summed E-state index contributed by atoms with van der Waals surface area (Å²) in [5, 5.41) is 2.88. The fourth-order valence-electron chi connectivity index (χ4n) is 3.89. The van der Waals surface area contributed by atoms with Crippen LogP contribution in [0.4, 0.5) is 19.5 Å². The van der Waals surface area contributed by atoms with Crippen molar-refractivity contribution in [3.8, 4) is 10.6 Å². The Kier molecular flexibility index (Phi) is 5.79. The number of pyridine rings is 1. The van der Waals surface area contributed by atoms with Crippen molar-refractivity contribution in [3.05, 3.63) is 71.2 Å². The Labute approximate surface area is 182 Å². The molecule has 0 bridgehead atoms. The zero-order valence-corrected chi connectivity index (χ0v) is 17.5. The van der Waals surface area contributed by atoms with E-state index in [0.717, 1.165) is 41.9 Å². The van der Waals surface area contributed by atoms with Crippen molar-refractivity contribution in [1.29, 1.82) is 0 Å². The van der Waals surface area contributed by atoms with Crippen LogP contribution in [0.25, 0.3) is 10.6 Å². The predicted octanol–water partition coefficient (Wildman–Crippen LogP) is 4.47. The highest BCUT2D eigenvalue weighted by Crippen LogP contribution is 2.37. The number of amides is 1. The Bertz CT molecular complexity index is 1160. The van der Waals surface area contributed by atoms with Crippen LogP contribution in [0.3, 0.4) is 0 Å². The molecule has 2 atom stereocenters.